The lowest BCUT2D eigenvalue weighted by Crippen LogP contribution is -2.23. The van der Waals surface area contributed by atoms with Gasteiger partial charge in [0.2, 0.25) is 0 Å². The first-order chi connectivity index (χ1) is 13.4. The highest BCUT2D eigenvalue weighted by Crippen LogP contribution is 2.25. The van der Waals surface area contributed by atoms with Crippen LogP contribution >= 0.6 is 0 Å². The van der Waals surface area contributed by atoms with E-state index in [4.69, 9.17) is 0 Å². The van der Waals surface area contributed by atoms with Crippen molar-refractivity contribution in [1.82, 2.24) is 9.36 Å². The molecule has 7 heteroatoms. The molecule has 1 heterocycles. The van der Waals surface area contributed by atoms with Crippen molar-refractivity contribution in [3.63, 3.8) is 0 Å². The van der Waals surface area contributed by atoms with E-state index in [-0.39, 0.29) is 10.6 Å². The minimum atomic E-state index is -3.95. The van der Waals surface area contributed by atoms with Gasteiger partial charge in [0, 0.05) is 12.4 Å². The summed E-state index contributed by atoms with van der Waals surface area (Å²) in [5.74, 6) is 0. The molecule has 0 saturated heterocycles. The molecule has 0 aliphatic rings. The fraction of sp³-hybridized carbons (Fsp3) is 0.0952. The average molecular weight is 393 g/mol. The van der Waals surface area contributed by atoms with E-state index in [1.54, 1.807) is 55.1 Å². The first-order valence-corrected chi connectivity index (χ1v) is 10.2. The number of hydrogen-bond donors (Lipinski definition) is 1. The fourth-order valence-corrected chi connectivity index (χ4v) is 4.65. The monoisotopic (exact) mass is 393 g/mol. The molecule has 0 aliphatic carbocycles. The summed E-state index contributed by atoms with van der Waals surface area (Å²) in [6.45, 7) is 1.71. The molecule has 6 nitrogen and oxygen atoms in total. The third-order valence-corrected chi connectivity index (χ3v) is 6.24. The highest BCUT2D eigenvalue weighted by molar-refractivity contribution is 7.93. The van der Waals surface area contributed by atoms with Crippen molar-refractivity contribution >= 4 is 26.5 Å². The number of para-hydroxylation sites is 1. The maximum atomic E-state index is 13.1. The van der Waals surface area contributed by atoms with Crippen LogP contribution in [0.25, 0.3) is 16.5 Å². The van der Waals surface area contributed by atoms with Crippen LogP contribution in [0.2, 0.25) is 0 Å². The number of hydrogen-bond acceptors (Lipinski definition) is 3. The second-order valence-corrected chi connectivity index (χ2v) is 8.17. The third-order valence-electron chi connectivity index (χ3n) is 4.83. The van der Waals surface area contributed by atoms with Gasteiger partial charge in [-0.1, -0.05) is 54.6 Å². The Balaban J connectivity index is 1.84. The Bertz CT molecular complexity index is 1330. The number of rotatable bonds is 4. The van der Waals surface area contributed by atoms with E-state index in [1.807, 2.05) is 36.4 Å². The number of anilines is 1. The molecule has 0 radical (unpaired) electrons. The molecular weight excluding hydrogens is 374 g/mol. The molecule has 0 amide bonds. The molecule has 0 spiro atoms. The summed E-state index contributed by atoms with van der Waals surface area (Å²) in [7, 11) is -2.23. The third kappa shape index (κ3) is 2.90. The Morgan fingerprint density at radius 3 is 2.25 bits per heavy atom. The van der Waals surface area contributed by atoms with E-state index < -0.39 is 15.6 Å². The summed E-state index contributed by atoms with van der Waals surface area (Å²) in [4.78, 5) is 13.1. The van der Waals surface area contributed by atoms with Crippen molar-refractivity contribution in [3.05, 3.63) is 88.8 Å². The standard InChI is InChI=1S/C21H19N3O3S/c1-15-20(21(25)24(23(15)2)17-11-4-3-5-12-17)22-28(26,27)19-14-8-10-16-9-6-7-13-18(16)19/h3-14,22H,1-2H3. The maximum absolute atomic E-state index is 13.1. The lowest BCUT2D eigenvalue weighted by Gasteiger charge is -2.09. The van der Waals surface area contributed by atoms with Crippen LogP contribution in [0.1, 0.15) is 5.69 Å². The van der Waals surface area contributed by atoms with Crippen LogP contribution in [0.5, 0.6) is 0 Å². The van der Waals surface area contributed by atoms with Gasteiger partial charge >= 0.3 is 0 Å². The molecule has 0 unspecified atom stereocenters. The van der Waals surface area contributed by atoms with Gasteiger partial charge in [-0.25, -0.2) is 13.1 Å². The Labute approximate surface area is 162 Å². The van der Waals surface area contributed by atoms with Crippen molar-refractivity contribution in [2.45, 2.75) is 11.8 Å². The van der Waals surface area contributed by atoms with E-state index in [0.717, 1.165) is 5.39 Å². The highest BCUT2D eigenvalue weighted by Gasteiger charge is 2.23. The van der Waals surface area contributed by atoms with Gasteiger partial charge in [0.15, 0.2) is 0 Å². The summed E-state index contributed by atoms with van der Waals surface area (Å²) < 4.78 is 31.8. The van der Waals surface area contributed by atoms with Crippen molar-refractivity contribution in [3.8, 4) is 5.69 Å². The second kappa shape index (κ2) is 6.69. The molecule has 4 rings (SSSR count). The largest absolute Gasteiger partial charge is 0.296 e. The minimum Gasteiger partial charge on any atom is -0.283 e. The van der Waals surface area contributed by atoms with Gasteiger partial charge in [-0.15, -0.1) is 0 Å². The molecule has 0 atom stereocenters. The summed E-state index contributed by atoms with van der Waals surface area (Å²) in [6, 6.07) is 21.4. The van der Waals surface area contributed by atoms with Crippen LogP contribution in [-0.4, -0.2) is 17.8 Å². The van der Waals surface area contributed by atoms with Crippen LogP contribution in [0, 0.1) is 6.92 Å². The average Bonchev–Trinajstić information content (AvgIpc) is 2.91. The molecule has 3 aromatic carbocycles. The van der Waals surface area contributed by atoms with E-state index in [0.29, 0.717) is 16.8 Å². The molecule has 4 aromatic rings. The summed E-state index contributed by atoms with van der Waals surface area (Å²) in [6.07, 6.45) is 0. The Morgan fingerprint density at radius 2 is 1.50 bits per heavy atom. The zero-order chi connectivity index (χ0) is 19.9. The topological polar surface area (TPSA) is 73.1 Å². The van der Waals surface area contributed by atoms with Gasteiger partial charge in [-0.3, -0.25) is 14.2 Å². The van der Waals surface area contributed by atoms with Crippen molar-refractivity contribution in [2.75, 3.05) is 4.72 Å². The van der Waals surface area contributed by atoms with E-state index in [2.05, 4.69) is 4.72 Å². The number of aromatic nitrogens is 2. The van der Waals surface area contributed by atoms with E-state index in [9.17, 15) is 13.2 Å². The fourth-order valence-electron chi connectivity index (χ4n) is 3.31. The molecule has 0 saturated carbocycles. The van der Waals surface area contributed by atoms with E-state index in [1.165, 1.54) is 4.68 Å². The van der Waals surface area contributed by atoms with Crippen LogP contribution in [0.15, 0.2) is 82.5 Å². The molecule has 0 bridgehead atoms. The van der Waals surface area contributed by atoms with Crippen LogP contribution in [-0.2, 0) is 17.1 Å². The number of sulfonamides is 1. The van der Waals surface area contributed by atoms with Crippen LogP contribution in [0.4, 0.5) is 5.69 Å². The zero-order valence-electron chi connectivity index (χ0n) is 15.5. The highest BCUT2D eigenvalue weighted by atomic mass is 32.2. The normalized spacial score (nSPS) is 11.6. The molecule has 1 N–H and O–H groups in total. The van der Waals surface area contributed by atoms with Gasteiger partial charge in [0.1, 0.15) is 5.69 Å². The van der Waals surface area contributed by atoms with Crippen LogP contribution in [0.3, 0.4) is 0 Å². The second-order valence-electron chi connectivity index (χ2n) is 6.52. The summed E-state index contributed by atoms with van der Waals surface area (Å²) in [5.41, 5.74) is 0.806. The maximum Gasteiger partial charge on any atom is 0.296 e. The summed E-state index contributed by atoms with van der Waals surface area (Å²) in [5, 5.41) is 1.42. The smallest absolute Gasteiger partial charge is 0.283 e. The Kier molecular flexibility index (Phi) is 4.31. The molecular formula is C21H19N3O3S. The molecule has 142 valence electrons. The van der Waals surface area contributed by atoms with Crippen molar-refractivity contribution in [2.24, 2.45) is 7.05 Å². The number of nitrogens with zero attached hydrogens (tertiary/aromatic N) is 2. The molecule has 0 fully saturated rings. The number of benzene rings is 3. The number of fused-ring (bicyclic) bond motifs is 1. The van der Waals surface area contributed by atoms with Gasteiger partial charge in [0.25, 0.3) is 15.6 Å². The molecule has 28 heavy (non-hydrogen) atoms. The minimum absolute atomic E-state index is 0.0410. The lowest BCUT2D eigenvalue weighted by molar-refractivity contribution is 0.602. The first-order valence-electron chi connectivity index (χ1n) is 8.75. The van der Waals surface area contributed by atoms with Crippen LogP contribution < -0.4 is 10.3 Å². The summed E-state index contributed by atoms with van der Waals surface area (Å²) >= 11 is 0. The Morgan fingerprint density at radius 1 is 0.857 bits per heavy atom. The van der Waals surface area contributed by atoms with Gasteiger partial charge in [0.05, 0.1) is 16.3 Å². The van der Waals surface area contributed by atoms with Crippen molar-refractivity contribution in [1.29, 1.82) is 0 Å². The molecule has 0 aliphatic heterocycles. The Hall–Kier alpha value is -3.32. The van der Waals surface area contributed by atoms with Crippen molar-refractivity contribution < 1.29 is 8.42 Å². The van der Waals surface area contributed by atoms with E-state index >= 15 is 0 Å². The van der Waals surface area contributed by atoms with Gasteiger partial charge < -0.3 is 0 Å². The lowest BCUT2D eigenvalue weighted by atomic mass is 10.1. The first kappa shape index (κ1) is 18.1. The number of nitrogens with one attached hydrogen (secondary N) is 1. The van der Waals surface area contributed by atoms with Gasteiger partial charge in [-0.05, 0) is 30.5 Å². The quantitative estimate of drug-likeness (QED) is 0.577. The zero-order valence-corrected chi connectivity index (χ0v) is 16.3. The SMILES string of the molecule is Cc1c(NS(=O)(=O)c2cccc3ccccc23)c(=O)n(-c2ccccc2)n1C. The molecule has 1 aromatic heterocycles. The predicted octanol–water partition coefficient (Wildman–Crippen LogP) is 3.44. The van der Waals surface area contributed by atoms with Gasteiger partial charge in [-0.2, -0.15) is 0 Å². The predicted molar refractivity (Wildman–Crippen MR) is 111 cm³/mol.